The van der Waals surface area contributed by atoms with E-state index in [0.29, 0.717) is 11.3 Å². The molecule has 0 bridgehead atoms. The number of ether oxygens (including phenoxy) is 1. The molecule has 0 saturated carbocycles. The molecule has 1 unspecified atom stereocenters. The van der Waals surface area contributed by atoms with Gasteiger partial charge in [-0.1, -0.05) is 42.8 Å². The van der Waals surface area contributed by atoms with Crippen molar-refractivity contribution in [2.75, 3.05) is 19.0 Å². The van der Waals surface area contributed by atoms with E-state index in [0.717, 1.165) is 0 Å². The molecule has 0 aromatic heterocycles. The molecule has 1 aromatic rings. The topological polar surface area (TPSA) is 84.5 Å². The maximum atomic E-state index is 11.9. The van der Waals surface area contributed by atoms with Gasteiger partial charge < -0.3 is 15.4 Å². The van der Waals surface area contributed by atoms with Gasteiger partial charge in [-0.3, -0.25) is 9.59 Å². The second kappa shape index (κ2) is 8.82. The minimum atomic E-state index is -0.469. The fraction of sp³-hybridized carbons (Fsp3) is 0.471. The number of hydrogen-bond acceptors (Lipinski definition) is 4. The summed E-state index contributed by atoms with van der Waals surface area (Å²) in [6, 6.07) is 6.47. The lowest BCUT2D eigenvalue weighted by Gasteiger charge is -2.24. The van der Waals surface area contributed by atoms with E-state index >= 15 is 0 Å². The Morgan fingerprint density at radius 3 is 2.50 bits per heavy atom. The quantitative estimate of drug-likeness (QED) is 0.569. The van der Waals surface area contributed by atoms with Crippen molar-refractivity contribution in [1.82, 2.24) is 5.32 Å². The average molecular weight is 399 g/mol. The summed E-state index contributed by atoms with van der Waals surface area (Å²) in [5.74, 6) is -0.869. The summed E-state index contributed by atoms with van der Waals surface area (Å²) in [5.41, 5.74) is 0.652. The number of amides is 2. The van der Waals surface area contributed by atoms with Gasteiger partial charge in [-0.15, -0.1) is 0 Å². The lowest BCUT2D eigenvalue weighted by atomic mass is 9.92. The molecule has 0 spiro atoms. The fourth-order valence-corrected chi connectivity index (χ4v) is 2.01. The zero-order valence-electron chi connectivity index (χ0n) is 14.3. The van der Waals surface area contributed by atoms with Crippen molar-refractivity contribution in [1.29, 1.82) is 0 Å². The molecule has 132 valence electrons. The van der Waals surface area contributed by atoms with Gasteiger partial charge >= 0.3 is 5.97 Å². The summed E-state index contributed by atoms with van der Waals surface area (Å²) in [6.07, 6.45) is 0.137. The molecule has 1 rings (SSSR count). The minimum absolute atomic E-state index is 0.137. The van der Waals surface area contributed by atoms with Crippen LogP contribution in [-0.4, -0.2) is 36.3 Å². The van der Waals surface area contributed by atoms with E-state index in [9.17, 15) is 14.4 Å². The third-order valence-electron chi connectivity index (χ3n) is 3.21. The summed E-state index contributed by atoms with van der Waals surface area (Å²) < 4.78 is 4.63. The molecule has 1 aromatic carbocycles. The Morgan fingerprint density at radius 1 is 1.25 bits per heavy atom. The van der Waals surface area contributed by atoms with E-state index < -0.39 is 5.97 Å². The molecule has 0 aliphatic heterocycles. The van der Waals surface area contributed by atoms with Gasteiger partial charge in [-0.05, 0) is 23.6 Å². The number of rotatable bonds is 6. The highest BCUT2D eigenvalue weighted by Gasteiger charge is 2.28. The Labute approximate surface area is 150 Å². The molecule has 7 heteroatoms. The molecular weight excluding hydrogens is 376 g/mol. The highest BCUT2D eigenvalue weighted by Crippen LogP contribution is 2.25. The van der Waals surface area contributed by atoms with Gasteiger partial charge in [-0.25, -0.2) is 4.79 Å². The number of methoxy groups -OCH3 is 1. The van der Waals surface area contributed by atoms with Crippen molar-refractivity contribution < 1.29 is 19.1 Å². The molecule has 0 aliphatic rings. The molecular formula is C17H23BrN2O4. The highest BCUT2D eigenvalue weighted by molar-refractivity contribution is 9.10. The number of esters is 1. The number of carbonyl (C=O) groups excluding carboxylic acids is 3. The van der Waals surface area contributed by atoms with Crippen LogP contribution in [0.3, 0.4) is 0 Å². The van der Waals surface area contributed by atoms with Crippen LogP contribution < -0.4 is 10.6 Å². The van der Waals surface area contributed by atoms with Crippen molar-refractivity contribution in [2.45, 2.75) is 32.0 Å². The second-order valence-electron chi connectivity index (χ2n) is 6.39. The largest absolute Gasteiger partial charge is 0.465 e. The second-order valence-corrected chi connectivity index (χ2v) is 7.31. The third-order valence-corrected chi connectivity index (χ3v) is 5.00. The normalized spacial score (nSPS) is 12.2. The first kappa shape index (κ1) is 20.2. The maximum absolute atomic E-state index is 11.9. The third kappa shape index (κ3) is 6.31. The molecule has 2 amide bonds. The first-order valence-corrected chi connectivity index (χ1v) is 8.46. The number of hydrogen-bond donors (Lipinski definition) is 2. The van der Waals surface area contributed by atoms with Crippen LogP contribution in [0.2, 0.25) is 0 Å². The van der Waals surface area contributed by atoms with E-state index in [-0.39, 0.29) is 35.0 Å². The molecule has 0 fully saturated rings. The summed E-state index contributed by atoms with van der Waals surface area (Å²) in [7, 11) is 1.30. The Balaban J connectivity index is 2.47. The predicted molar refractivity (Wildman–Crippen MR) is 96.2 cm³/mol. The zero-order valence-corrected chi connectivity index (χ0v) is 15.9. The molecule has 6 nitrogen and oxygen atoms in total. The predicted octanol–water partition coefficient (Wildman–Crippen LogP) is 2.73. The van der Waals surface area contributed by atoms with Crippen molar-refractivity contribution in [3.63, 3.8) is 0 Å². The van der Waals surface area contributed by atoms with Crippen molar-refractivity contribution in [3.8, 4) is 0 Å². The van der Waals surface area contributed by atoms with Gasteiger partial charge in [0.2, 0.25) is 11.8 Å². The lowest BCUT2D eigenvalue weighted by Crippen LogP contribution is -2.39. The van der Waals surface area contributed by atoms with Crippen LogP contribution in [-0.2, 0) is 14.3 Å². The van der Waals surface area contributed by atoms with Crippen LogP contribution in [0.25, 0.3) is 0 Å². The summed E-state index contributed by atoms with van der Waals surface area (Å²) in [6.45, 7) is 6.09. The number of halogens is 1. The van der Waals surface area contributed by atoms with Crippen molar-refractivity contribution >= 4 is 39.4 Å². The van der Waals surface area contributed by atoms with Gasteiger partial charge in [0.15, 0.2) is 0 Å². The lowest BCUT2D eigenvalue weighted by molar-refractivity contribution is -0.122. The number of nitrogens with one attached hydrogen (secondary N) is 2. The average Bonchev–Trinajstić information content (AvgIpc) is 2.52. The first-order chi connectivity index (χ1) is 11.1. The molecule has 0 radical (unpaired) electrons. The molecule has 24 heavy (non-hydrogen) atoms. The summed E-state index contributed by atoms with van der Waals surface area (Å²) in [5, 5.41) is 5.41. The van der Waals surface area contributed by atoms with E-state index in [1.807, 2.05) is 20.8 Å². The number of carbonyl (C=O) groups is 3. The van der Waals surface area contributed by atoms with Gasteiger partial charge in [0.25, 0.3) is 0 Å². The van der Waals surface area contributed by atoms with Crippen LogP contribution in [0.15, 0.2) is 24.3 Å². The Kier molecular flexibility index (Phi) is 7.41. The fourth-order valence-electron chi connectivity index (χ4n) is 1.85. The smallest absolute Gasteiger partial charge is 0.337 e. The molecule has 0 heterocycles. The van der Waals surface area contributed by atoms with E-state index in [2.05, 4.69) is 31.3 Å². The molecule has 1 atom stereocenters. The van der Waals surface area contributed by atoms with Crippen LogP contribution in [0.1, 0.15) is 37.6 Å². The molecule has 0 saturated heterocycles. The van der Waals surface area contributed by atoms with Gasteiger partial charge in [-0.2, -0.15) is 0 Å². The van der Waals surface area contributed by atoms with Crippen LogP contribution >= 0.6 is 15.9 Å². The van der Waals surface area contributed by atoms with Crippen LogP contribution in [0.5, 0.6) is 0 Å². The first-order valence-electron chi connectivity index (χ1n) is 7.55. The summed E-state index contributed by atoms with van der Waals surface area (Å²) >= 11 is 3.36. The highest BCUT2D eigenvalue weighted by atomic mass is 79.9. The van der Waals surface area contributed by atoms with E-state index in [4.69, 9.17) is 0 Å². The summed E-state index contributed by atoms with van der Waals surface area (Å²) in [4.78, 5) is 35.0. The Morgan fingerprint density at radius 2 is 1.92 bits per heavy atom. The molecule has 0 aliphatic carbocycles. The Hall–Kier alpha value is -1.89. The van der Waals surface area contributed by atoms with Gasteiger partial charge in [0, 0.05) is 18.7 Å². The number of alkyl halides is 1. The standard InChI is InChI=1S/C17H23BrN2O4/c1-17(2,3)14(18)15(22)19-9-8-13(21)20-12-7-5-6-11(10-12)16(23)24-4/h5-7,10,14H,8-9H2,1-4H3,(H,19,22)(H,20,21). The number of anilines is 1. The van der Waals surface area contributed by atoms with Gasteiger partial charge in [0.05, 0.1) is 17.5 Å². The number of benzene rings is 1. The van der Waals surface area contributed by atoms with Crippen LogP contribution in [0.4, 0.5) is 5.69 Å². The van der Waals surface area contributed by atoms with Crippen LogP contribution in [0, 0.1) is 5.41 Å². The van der Waals surface area contributed by atoms with E-state index in [1.54, 1.807) is 18.2 Å². The molecule has 2 N–H and O–H groups in total. The monoisotopic (exact) mass is 398 g/mol. The zero-order chi connectivity index (χ0) is 18.3. The van der Waals surface area contributed by atoms with Gasteiger partial charge in [0.1, 0.15) is 0 Å². The Bertz CT molecular complexity index is 611. The SMILES string of the molecule is COC(=O)c1cccc(NC(=O)CCNC(=O)C(Br)C(C)(C)C)c1. The van der Waals surface area contributed by atoms with Crippen molar-refractivity contribution in [2.24, 2.45) is 5.41 Å². The maximum Gasteiger partial charge on any atom is 0.337 e. The van der Waals surface area contributed by atoms with E-state index in [1.165, 1.54) is 13.2 Å². The minimum Gasteiger partial charge on any atom is -0.465 e. The van der Waals surface area contributed by atoms with Crippen molar-refractivity contribution in [3.05, 3.63) is 29.8 Å².